The minimum absolute atomic E-state index is 0.00858. The highest BCUT2D eigenvalue weighted by atomic mass is 16.2. The number of hydrogen-bond donors (Lipinski definition) is 0. The number of pyridine rings is 1. The van der Waals surface area contributed by atoms with E-state index < -0.39 is 0 Å². The van der Waals surface area contributed by atoms with Crippen LogP contribution in [0.4, 0.5) is 0 Å². The summed E-state index contributed by atoms with van der Waals surface area (Å²) in [7, 11) is 1.87. The summed E-state index contributed by atoms with van der Waals surface area (Å²) < 4.78 is 1.82. The van der Waals surface area contributed by atoms with E-state index in [0.29, 0.717) is 42.8 Å². The number of aryl methyl sites for hydroxylation is 1. The molecule has 0 spiro atoms. The van der Waals surface area contributed by atoms with E-state index in [2.05, 4.69) is 9.97 Å². The van der Waals surface area contributed by atoms with Gasteiger partial charge in [0.2, 0.25) is 0 Å². The number of rotatable bonds is 2. The van der Waals surface area contributed by atoms with Crippen LogP contribution in [0.1, 0.15) is 20.7 Å². The van der Waals surface area contributed by atoms with Gasteiger partial charge in [0, 0.05) is 45.0 Å². The first-order valence-electron chi connectivity index (χ1n) is 8.54. The molecule has 0 radical (unpaired) electrons. The van der Waals surface area contributed by atoms with Gasteiger partial charge in [-0.05, 0) is 18.2 Å². The zero-order valence-corrected chi connectivity index (χ0v) is 14.5. The van der Waals surface area contributed by atoms with Gasteiger partial charge >= 0.3 is 0 Å². The monoisotopic (exact) mass is 349 g/mol. The Morgan fingerprint density at radius 1 is 0.885 bits per heavy atom. The highest BCUT2D eigenvalue weighted by molar-refractivity contribution is 5.97. The van der Waals surface area contributed by atoms with Crippen LogP contribution >= 0.6 is 0 Å². The van der Waals surface area contributed by atoms with E-state index in [-0.39, 0.29) is 11.8 Å². The molecule has 1 aliphatic heterocycles. The lowest BCUT2D eigenvalue weighted by molar-refractivity contribution is 0.0535. The summed E-state index contributed by atoms with van der Waals surface area (Å²) in [5.74, 6) is -0.0638. The van der Waals surface area contributed by atoms with Crippen molar-refractivity contribution in [2.24, 2.45) is 7.05 Å². The third kappa shape index (κ3) is 2.92. The van der Waals surface area contributed by atoms with Crippen molar-refractivity contribution < 1.29 is 9.59 Å². The van der Waals surface area contributed by atoms with Crippen molar-refractivity contribution in [3.05, 3.63) is 60.0 Å². The summed E-state index contributed by atoms with van der Waals surface area (Å²) in [5, 5.41) is 0. The summed E-state index contributed by atoms with van der Waals surface area (Å²) >= 11 is 0. The molecule has 0 saturated carbocycles. The van der Waals surface area contributed by atoms with Crippen LogP contribution in [0.25, 0.3) is 11.2 Å². The lowest BCUT2D eigenvalue weighted by Gasteiger charge is -2.34. The Kier molecular flexibility index (Phi) is 4.12. The molecule has 2 amide bonds. The molecule has 0 unspecified atom stereocenters. The van der Waals surface area contributed by atoms with Crippen LogP contribution in [0, 0.1) is 0 Å². The van der Waals surface area contributed by atoms with Crippen LogP contribution in [0.5, 0.6) is 0 Å². The SMILES string of the molecule is Cn1cnc2cc(C(=O)N3CCN(C(=O)c4ccccc4)CC3)cnc21. The van der Waals surface area contributed by atoms with Gasteiger partial charge in [-0.2, -0.15) is 0 Å². The first kappa shape index (κ1) is 16.3. The molecule has 7 heteroatoms. The van der Waals surface area contributed by atoms with Gasteiger partial charge in [0.1, 0.15) is 5.52 Å². The number of hydrogen-bond acceptors (Lipinski definition) is 4. The fourth-order valence-corrected chi connectivity index (χ4v) is 3.19. The number of carbonyl (C=O) groups is 2. The predicted molar refractivity (Wildman–Crippen MR) is 96.8 cm³/mol. The zero-order valence-electron chi connectivity index (χ0n) is 14.5. The Bertz CT molecular complexity index is 958. The molecule has 4 rings (SSSR count). The van der Waals surface area contributed by atoms with Crippen molar-refractivity contribution >= 4 is 23.0 Å². The quantitative estimate of drug-likeness (QED) is 0.704. The number of nitrogens with zero attached hydrogens (tertiary/aromatic N) is 5. The summed E-state index contributed by atoms with van der Waals surface area (Å²) in [6.07, 6.45) is 3.27. The maximum absolute atomic E-state index is 12.7. The van der Waals surface area contributed by atoms with E-state index >= 15 is 0 Å². The van der Waals surface area contributed by atoms with Gasteiger partial charge in [-0.15, -0.1) is 0 Å². The summed E-state index contributed by atoms with van der Waals surface area (Å²) in [6, 6.07) is 11.0. The van der Waals surface area contributed by atoms with Crippen molar-refractivity contribution in [1.82, 2.24) is 24.3 Å². The molecule has 3 aromatic rings. The standard InChI is InChI=1S/C19H19N5O2/c1-22-13-21-16-11-15(12-20-17(16)22)19(26)24-9-7-23(8-10-24)18(25)14-5-3-2-4-6-14/h2-6,11-13H,7-10H2,1H3. The molecule has 7 nitrogen and oxygen atoms in total. The maximum atomic E-state index is 12.7. The number of amides is 2. The number of fused-ring (bicyclic) bond motifs is 1. The number of imidazole rings is 1. The Hall–Kier alpha value is -3.22. The van der Waals surface area contributed by atoms with Gasteiger partial charge in [-0.1, -0.05) is 18.2 Å². The van der Waals surface area contributed by atoms with Crippen LogP contribution < -0.4 is 0 Å². The third-order valence-electron chi connectivity index (χ3n) is 4.67. The molecule has 2 aromatic heterocycles. The number of carbonyl (C=O) groups excluding carboxylic acids is 2. The Morgan fingerprint density at radius 2 is 1.50 bits per heavy atom. The third-order valence-corrected chi connectivity index (χ3v) is 4.67. The van der Waals surface area contributed by atoms with E-state index in [9.17, 15) is 9.59 Å². The van der Waals surface area contributed by atoms with Gasteiger partial charge in [-0.25, -0.2) is 9.97 Å². The van der Waals surface area contributed by atoms with E-state index in [1.165, 1.54) is 0 Å². The van der Waals surface area contributed by atoms with E-state index in [4.69, 9.17) is 0 Å². The van der Waals surface area contributed by atoms with E-state index in [0.717, 1.165) is 5.65 Å². The first-order chi connectivity index (χ1) is 12.6. The molecule has 0 N–H and O–H groups in total. The minimum Gasteiger partial charge on any atom is -0.335 e. The Labute approximate surface area is 150 Å². The topological polar surface area (TPSA) is 71.3 Å². The van der Waals surface area contributed by atoms with Crippen LogP contribution in [0.3, 0.4) is 0 Å². The number of piperazine rings is 1. The second kappa shape index (κ2) is 6.59. The molecule has 1 saturated heterocycles. The van der Waals surface area contributed by atoms with Crippen molar-refractivity contribution in [1.29, 1.82) is 0 Å². The summed E-state index contributed by atoms with van der Waals surface area (Å²) in [4.78, 5) is 37.4. The molecular weight excluding hydrogens is 330 g/mol. The molecule has 0 bridgehead atoms. The molecule has 3 heterocycles. The smallest absolute Gasteiger partial charge is 0.255 e. The van der Waals surface area contributed by atoms with Crippen molar-refractivity contribution in [2.75, 3.05) is 26.2 Å². The van der Waals surface area contributed by atoms with Gasteiger partial charge in [0.25, 0.3) is 11.8 Å². The largest absolute Gasteiger partial charge is 0.335 e. The predicted octanol–water partition coefficient (Wildman–Crippen LogP) is 1.57. The zero-order chi connectivity index (χ0) is 18.1. The van der Waals surface area contributed by atoms with Gasteiger partial charge < -0.3 is 14.4 Å². The molecule has 1 aromatic carbocycles. The van der Waals surface area contributed by atoms with E-state index in [1.54, 1.807) is 28.4 Å². The van der Waals surface area contributed by atoms with Gasteiger partial charge in [0.15, 0.2) is 5.65 Å². The Morgan fingerprint density at radius 3 is 2.15 bits per heavy atom. The summed E-state index contributed by atoms with van der Waals surface area (Å²) in [5.41, 5.74) is 2.66. The highest BCUT2D eigenvalue weighted by Gasteiger charge is 2.25. The molecule has 132 valence electrons. The van der Waals surface area contributed by atoms with E-state index in [1.807, 2.05) is 41.9 Å². The average Bonchev–Trinajstić information content (AvgIpc) is 3.08. The normalized spacial score (nSPS) is 14.7. The fourth-order valence-electron chi connectivity index (χ4n) is 3.19. The van der Waals surface area contributed by atoms with Crippen molar-refractivity contribution in [3.8, 4) is 0 Å². The fraction of sp³-hybridized carbons (Fsp3) is 0.263. The van der Waals surface area contributed by atoms with Gasteiger partial charge in [-0.3, -0.25) is 9.59 Å². The number of benzene rings is 1. The summed E-state index contributed by atoms with van der Waals surface area (Å²) in [6.45, 7) is 2.08. The second-order valence-corrected chi connectivity index (χ2v) is 6.37. The highest BCUT2D eigenvalue weighted by Crippen LogP contribution is 2.15. The van der Waals surface area contributed by atoms with Crippen molar-refractivity contribution in [3.63, 3.8) is 0 Å². The first-order valence-corrected chi connectivity index (χ1v) is 8.54. The molecule has 26 heavy (non-hydrogen) atoms. The average molecular weight is 349 g/mol. The van der Waals surface area contributed by atoms with Crippen LogP contribution in [-0.4, -0.2) is 62.3 Å². The maximum Gasteiger partial charge on any atom is 0.255 e. The number of aromatic nitrogens is 3. The molecule has 0 atom stereocenters. The van der Waals surface area contributed by atoms with Gasteiger partial charge in [0.05, 0.1) is 11.9 Å². The molecule has 0 aliphatic carbocycles. The van der Waals surface area contributed by atoms with Crippen LogP contribution in [0.15, 0.2) is 48.9 Å². The lowest BCUT2D eigenvalue weighted by atomic mass is 10.1. The van der Waals surface area contributed by atoms with Crippen molar-refractivity contribution in [2.45, 2.75) is 0 Å². The lowest BCUT2D eigenvalue weighted by Crippen LogP contribution is -2.50. The van der Waals surface area contributed by atoms with Crippen LogP contribution in [-0.2, 0) is 7.05 Å². The second-order valence-electron chi connectivity index (χ2n) is 6.37. The Balaban J connectivity index is 1.43. The molecule has 1 fully saturated rings. The minimum atomic E-state index is -0.0723. The molecule has 1 aliphatic rings. The van der Waals surface area contributed by atoms with Crippen LogP contribution in [0.2, 0.25) is 0 Å². The molecular formula is C19H19N5O2.